The van der Waals surface area contributed by atoms with Crippen molar-refractivity contribution in [3.8, 4) is 0 Å². The number of nitrogens with one attached hydrogen (secondary N) is 3. The molecule has 1 aromatic rings. The van der Waals surface area contributed by atoms with Crippen LogP contribution >= 0.6 is 0 Å². The van der Waals surface area contributed by atoms with Crippen molar-refractivity contribution in [2.75, 3.05) is 17.2 Å². The van der Waals surface area contributed by atoms with E-state index in [1.54, 1.807) is 12.1 Å². The van der Waals surface area contributed by atoms with Crippen LogP contribution in [0.25, 0.3) is 0 Å². The Morgan fingerprint density at radius 3 is 2.90 bits per heavy atom. The number of carbonyl (C=O) groups excluding carboxylic acids is 2. The van der Waals surface area contributed by atoms with Crippen molar-refractivity contribution in [3.63, 3.8) is 0 Å². The SMILES string of the molecule is C[C@@H]1CC(=O)Nc2cc(C(=O)NCCC3CC3)ccc2N1. The summed E-state index contributed by atoms with van der Waals surface area (Å²) in [7, 11) is 0. The van der Waals surface area contributed by atoms with Gasteiger partial charge >= 0.3 is 0 Å². The first-order chi connectivity index (χ1) is 10.1. The van der Waals surface area contributed by atoms with Crippen molar-refractivity contribution in [2.45, 2.75) is 38.6 Å². The predicted molar refractivity (Wildman–Crippen MR) is 82.4 cm³/mol. The van der Waals surface area contributed by atoms with Gasteiger partial charge in [-0.1, -0.05) is 12.8 Å². The highest BCUT2D eigenvalue weighted by Gasteiger charge is 2.21. The highest BCUT2D eigenvalue weighted by atomic mass is 16.2. The van der Waals surface area contributed by atoms with E-state index in [2.05, 4.69) is 16.0 Å². The van der Waals surface area contributed by atoms with Crippen molar-refractivity contribution >= 4 is 23.2 Å². The molecule has 0 spiro atoms. The first-order valence-corrected chi connectivity index (χ1v) is 7.60. The molecule has 21 heavy (non-hydrogen) atoms. The highest BCUT2D eigenvalue weighted by molar-refractivity contribution is 6.00. The van der Waals surface area contributed by atoms with Gasteiger partial charge in [0.25, 0.3) is 5.91 Å². The van der Waals surface area contributed by atoms with E-state index in [1.807, 2.05) is 13.0 Å². The molecule has 0 unspecified atom stereocenters. The van der Waals surface area contributed by atoms with Gasteiger partial charge in [0, 0.05) is 24.6 Å². The van der Waals surface area contributed by atoms with Crippen LogP contribution < -0.4 is 16.0 Å². The van der Waals surface area contributed by atoms with Crippen LogP contribution in [0, 0.1) is 5.92 Å². The Bertz CT molecular complexity index is 567. The second kappa shape index (κ2) is 5.76. The topological polar surface area (TPSA) is 70.2 Å². The third-order valence-electron chi connectivity index (χ3n) is 3.98. The average molecular weight is 287 g/mol. The summed E-state index contributed by atoms with van der Waals surface area (Å²) >= 11 is 0. The lowest BCUT2D eigenvalue weighted by molar-refractivity contribution is -0.116. The minimum absolute atomic E-state index is 0.0277. The molecule has 1 aliphatic carbocycles. The Balaban J connectivity index is 1.68. The minimum atomic E-state index is -0.0787. The molecular formula is C16H21N3O2. The number of amides is 2. The molecule has 3 rings (SSSR count). The fourth-order valence-corrected chi connectivity index (χ4v) is 2.61. The van der Waals surface area contributed by atoms with Gasteiger partial charge in [-0.05, 0) is 37.5 Å². The van der Waals surface area contributed by atoms with Gasteiger partial charge in [0.15, 0.2) is 0 Å². The van der Waals surface area contributed by atoms with Gasteiger partial charge in [-0.2, -0.15) is 0 Å². The van der Waals surface area contributed by atoms with E-state index in [1.165, 1.54) is 12.8 Å². The molecule has 0 bridgehead atoms. The molecule has 1 heterocycles. The van der Waals surface area contributed by atoms with Crippen LogP contribution in [0.5, 0.6) is 0 Å². The van der Waals surface area contributed by atoms with Crippen LogP contribution in [0.15, 0.2) is 18.2 Å². The van der Waals surface area contributed by atoms with E-state index in [0.29, 0.717) is 17.7 Å². The van der Waals surface area contributed by atoms with E-state index in [-0.39, 0.29) is 17.9 Å². The third kappa shape index (κ3) is 3.54. The molecule has 1 atom stereocenters. The minimum Gasteiger partial charge on any atom is -0.380 e. The van der Waals surface area contributed by atoms with Gasteiger partial charge < -0.3 is 16.0 Å². The van der Waals surface area contributed by atoms with Gasteiger partial charge in [0.05, 0.1) is 11.4 Å². The summed E-state index contributed by atoms with van der Waals surface area (Å²) in [5.74, 6) is 0.701. The summed E-state index contributed by atoms with van der Waals surface area (Å²) in [5.41, 5.74) is 2.13. The van der Waals surface area contributed by atoms with E-state index in [0.717, 1.165) is 24.6 Å². The summed E-state index contributed by atoms with van der Waals surface area (Å²) in [4.78, 5) is 23.9. The molecule has 0 saturated heterocycles. The summed E-state index contributed by atoms with van der Waals surface area (Å²) in [5, 5.41) is 9.06. The molecule has 1 saturated carbocycles. The molecular weight excluding hydrogens is 266 g/mol. The van der Waals surface area contributed by atoms with Crippen LogP contribution in [-0.4, -0.2) is 24.4 Å². The van der Waals surface area contributed by atoms with E-state index >= 15 is 0 Å². The maximum atomic E-state index is 12.1. The summed E-state index contributed by atoms with van der Waals surface area (Å²) in [6.07, 6.45) is 4.08. The van der Waals surface area contributed by atoms with Gasteiger partial charge in [0.2, 0.25) is 5.91 Å². The number of hydrogen-bond acceptors (Lipinski definition) is 3. The maximum Gasteiger partial charge on any atom is 0.251 e. The molecule has 112 valence electrons. The Morgan fingerprint density at radius 1 is 1.33 bits per heavy atom. The quantitative estimate of drug-likeness (QED) is 0.796. The largest absolute Gasteiger partial charge is 0.380 e. The van der Waals surface area contributed by atoms with Crippen molar-refractivity contribution in [3.05, 3.63) is 23.8 Å². The molecule has 1 aliphatic heterocycles. The second-order valence-electron chi connectivity index (χ2n) is 6.05. The lowest BCUT2D eigenvalue weighted by atomic mass is 10.1. The number of fused-ring (bicyclic) bond motifs is 1. The average Bonchev–Trinajstić information content (AvgIpc) is 3.24. The Kier molecular flexibility index (Phi) is 3.82. The Labute approximate surface area is 124 Å². The number of hydrogen-bond donors (Lipinski definition) is 3. The fraction of sp³-hybridized carbons (Fsp3) is 0.500. The summed E-state index contributed by atoms with van der Waals surface area (Å²) in [6, 6.07) is 5.48. The first-order valence-electron chi connectivity index (χ1n) is 7.60. The maximum absolute atomic E-state index is 12.1. The van der Waals surface area contributed by atoms with Crippen molar-refractivity contribution in [2.24, 2.45) is 5.92 Å². The second-order valence-corrected chi connectivity index (χ2v) is 6.05. The van der Waals surface area contributed by atoms with E-state index in [9.17, 15) is 9.59 Å². The van der Waals surface area contributed by atoms with Gasteiger partial charge in [-0.3, -0.25) is 9.59 Å². The number of rotatable bonds is 4. The zero-order chi connectivity index (χ0) is 14.8. The van der Waals surface area contributed by atoms with Crippen LogP contribution in [0.4, 0.5) is 11.4 Å². The molecule has 2 aliphatic rings. The van der Waals surface area contributed by atoms with E-state index in [4.69, 9.17) is 0 Å². The number of carbonyl (C=O) groups is 2. The van der Waals surface area contributed by atoms with Crippen LogP contribution in [0.1, 0.15) is 43.0 Å². The predicted octanol–water partition coefficient (Wildman–Crippen LogP) is 2.36. The summed E-state index contributed by atoms with van der Waals surface area (Å²) in [6.45, 7) is 2.69. The Hall–Kier alpha value is -2.04. The monoisotopic (exact) mass is 287 g/mol. The van der Waals surface area contributed by atoms with Crippen LogP contribution in [-0.2, 0) is 4.79 Å². The highest BCUT2D eigenvalue weighted by Crippen LogP contribution is 2.31. The summed E-state index contributed by atoms with van der Waals surface area (Å²) < 4.78 is 0. The van der Waals surface area contributed by atoms with Gasteiger partial charge in [-0.25, -0.2) is 0 Å². The zero-order valence-electron chi connectivity index (χ0n) is 12.2. The molecule has 2 amide bonds. The van der Waals surface area contributed by atoms with Crippen LogP contribution in [0.3, 0.4) is 0 Å². The molecule has 0 radical (unpaired) electrons. The van der Waals surface area contributed by atoms with E-state index < -0.39 is 0 Å². The lowest BCUT2D eigenvalue weighted by Gasteiger charge is -2.12. The molecule has 3 N–H and O–H groups in total. The molecule has 5 heteroatoms. The third-order valence-corrected chi connectivity index (χ3v) is 3.98. The molecule has 0 aromatic heterocycles. The van der Waals surface area contributed by atoms with Crippen molar-refractivity contribution in [1.82, 2.24) is 5.32 Å². The lowest BCUT2D eigenvalue weighted by Crippen LogP contribution is -2.24. The molecule has 1 fully saturated rings. The zero-order valence-corrected chi connectivity index (χ0v) is 12.2. The molecule has 1 aromatic carbocycles. The van der Waals surface area contributed by atoms with Gasteiger partial charge in [-0.15, -0.1) is 0 Å². The normalized spacial score (nSPS) is 20.8. The first kappa shape index (κ1) is 13.9. The number of anilines is 2. The standard InChI is InChI=1S/C16H21N3O2/c1-10-8-15(20)19-14-9-12(4-5-13(14)18-10)16(21)17-7-6-11-2-3-11/h4-5,9-11,18H,2-3,6-8H2,1H3,(H,17,21)(H,19,20)/t10-/m1/s1. The smallest absolute Gasteiger partial charge is 0.251 e. The van der Waals surface area contributed by atoms with Gasteiger partial charge in [0.1, 0.15) is 0 Å². The van der Waals surface area contributed by atoms with Crippen LogP contribution in [0.2, 0.25) is 0 Å². The Morgan fingerprint density at radius 2 is 2.14 bits per heavy atom. The number of benzene rings is 1. The van der Waals surface area contributed by atoms with Crippen molar-refractivity contribution < 1.29 is 9.59 Å². The molecule has 5 nitrogen and oxygen atoms in total. The fourth-order valence-electron chi connectivity index (χ4n) is 2.61. The van der Waals surface area contributed by atoms with Crippen molar-refractivity contribution in [1.29, 1.82) is 0 Å².